The number of amides is 2. The molecule has 0 N–H and O–H groups in total. The molecule has 2 heterocycles. The van der Waals surface area contributed by atoms with Crippen LogP contribution in [0.3, 0.4) is 0 Å². The fraction of sp³-hybridized carbons (Fsp3) is 0.238. The van der Waals surface area contributed by atoms with E-state index in [2.05, 4.69) is 4.98 Å². The second kappa shape index (κ2) is 6.79. The van der Waals surface area contributed by atoms with Gasteiger partial charge >= 0.3 is 0 Å². The van der Waals surface area contributed by atoms with Gasteiger partial charge in [0.1, 0.15) is 0 Å². The van der Waals surface area contributed by atoms with Crippen molar-refractivity contribution in [2.45, 2.75) is 26.3 Å². The number of carbonyl (C=O) groups excluding carboxylic acids is 2. The first kappa shape index (κ1) is 17.1. The van der Waals surface area contributed by atoms with Gasteiger partial charge in [-0.2, -0.15) is 0 Å². The van der Waals surface area contributed by atoms with E-state index in [4.69, 9.17) is 0 Å². The summed E-state index contributed by atoms with van der Waals surface area (Å²) in [5, 5.41) is 0.609. The van der Waals surface area contributed by atoms with E-state index in [1.807, 2.05) is 19.1 Å². The molecule has 6 heteroatoms. The lowest BCUT2D eigenvalue weighted by Crippen LogP contribution is -2.31. The standard InChI is InChI=1S/C21H19N3O3/c1-14-7-6-10-17-18(14)22-13-23(19(17)25)11-4-5-12-24-20(26)15-8-2-3-9-16(15)21(24)27/h2-3,6-10,13H,4-5,11-12H2,1H3. The molecule has 0 saturated heterocycles. The molecule has 27 heavy (non-hydrogen) atoms. The van der Waals surface area contributed by atoms with Crippen LogP contribution >= 0.6 is 0 Å². The summed E-state index contributed by atoms with van der Waals surface area (Å²) in [6.45, 7) is 2.78. The molecular formula is C21H19N3O3. The van der Waals surface area contributed by atoms with E-state index in [1.165, 1.54) is 4.90 Å². The molecule has 0 unspecified atom stereocenters. The first-order chi connectivity index (χ1) is 13.1. The number of hydrogen-bond donors (Lipinski definition) is 0. The molecule has 0 radical (unpaired) electrons. The minimum absolute atomic E-state index is 0.0653. The summed E-state index contributed by atoms with van der Waals surface area (Å²) in [6, 6.07) is 12.4. The number of imide groups is 1. The highest BCUT2D eigenvalue weighted by atomic mass is 16.2. The van der Waals surface area contributed by atoms with Gasteiger partial charge in [-0.3, -0.25) is 23.9 Å². The van der Waals surface area contributed by atoms with Crippen LogP contribution in [0.1, 0.15) is 39.1 Å². The molecule has 0 saturated carbocycles. The summed E-state index contributed by atoms with van der Waals surface area (Å²) in [7, 11) is 0. The monoisotopic (exact) mass is 361 g/mol. The molecular weight excluding hydrogens is 342 g/mol. The van der Waals surface area contributed by atoms with Crippen molar-refractivity contribution >= 4 is 22.7 Å². The second-order valence-electron chi connectivity index (χ2n) is 6.73. The molecule has 1 aromatic heterocycles. The van der Waals surface area contributed by atoms with Crippen LogP contribution in [-0.4, -0.2) is 32.8 Å². The van der Waals surface area contributed by atoms with Gasteiger partial charge in [0.15, 0.2) is 0 Å². The molecule has 4 rings (SSSR count). The van der Waals surface area contributed by atoms with Gasteiger partial charge in [-0.05, 0) is 43.5 Å². The molecule has 136 valence electrons. The third-order valence-electron chi connectivity index (χ3n) is 4.96. The molecule has 3 aromatic rings. The van der Waals surface area contributed by atoms with E-state index in [-0.39, 0.29) is 17.4 Å². The number of benzene rings is 2. The SMILES string of the molecule is Cc1cccc2c(=O)n(CCCCN3C(=O)c4ccccc4C3=O)cnc12. The van der Waals surface area contributed by atoms with Crippen LogP contribution in [0.2, 0.25) is 0 Å². The quantitative estimate of drug-likeness (QED) is 0.517. The number of hydrogen-bond acceptors (Lipinski definition) is 4. The van der Waals surface area contributed by atoms with Crippen LogP contribution in [0.25, 0.3) is 10.9 Å². The molecule has 0 atom stereocenters. The van der Waals surface area contributed by atoms with Crippen LogP contribution in [0.15, 0.2) is 53.6 Å². The molecule has 0 bridgehead atoms. The summed E-state index contributed by atoms with van der Waals surface area (Å²) in [6.07, 6.45) is 2.87. The fourth-order valence-electron chi connectivity index (χ4n) is 3.49. The predicted molar refractivity (Wildman–Crippen MR) is 102 cm³/mol. The fourth-order valence-corrected chi connectivity index (χ4v) is 3.49. The average Bonchev–Trinajstić information content (AvgIpc) is 2.92. The minimum Gasteiger partial charge on any atom is -0.299 e. The van der Waals surface area contributed by atoms with Crippen molar-refractivity contribution in [1.29, 1.82) is 0 Å². The lowest BCUT2D eigenvalue weighted by molar-refractivity contribution is 0.0651. The molecule has 1 aliphatic rings. The zero-order chi connectivity index (χ0) is 19.0. The Morgan fingerprint density at radius 3 is 2.22 bits per heavy atom. The number of nitrogens with zero attached hydrogens (tertiary/aromatic N) is 3. The largest absolute Gasteiger partial charge is 0.299 e. The summed E-state index contributed by atoms with van der Waals surface area (Å²) in [4.78, 5) is 43.0. The van der Waals surface area contributed by atoms with Crippen molar-refractivity contribution in [2.24, 2.45) is 0 Å². The summed E-state index contributed by atoms with van der Waals surface area (Å²) in [5.74, 6) is -0.480. The third kappa shape index (κ3) is 2.93. The first-order valence-electron chi connectivity index (χ1n) is 8.98. The molecule has 1 aliphatic heterocycles. The Bertz CT molecular complexity index is 1080. The Labute approximate surface area is 156 Å². The zero-order valence-corrected chi connectivity index (χ0v) is 15.0. The maximum atomic E-state index is 12.6. The van der Waals surface area contributed by atoms with Crippen molar-refractivity contribution in [2.75, 3.05) is 6.54 Å². The predicted octanol–water partition coefficient (Wildman–Crippen LogP) is 2.78. The summed E-state index contributed by atoms with van der Waals surface area (Å²) >= 11 is 0. The van der Waals surface area contributed by atoms with Gasteiger partial charge in [-0.15, -0.1) is 0 Å². The molecule has 2 amide bonds. The van der Waals surface area contributed by atoms with Crippen molar-refractivity contribution < 1.29 is 9.59 Å². The molecule has 0 aliphatic carbocycles. The van der Waals surface area contributed by atoms with Crippen LogP contribution in [0.4, 0.5) is 0 Å². The highest BCUT2D eigenvalue weighted by Gasteiger charge is 2.34. The van der Waals surface area contributed by atoms with E-state index < -0.39 is 0 Å². The maximum absolute atomic E-state index is 12.6. The Morgan fingerprint density at radius 2 is 1.52 bits per heavy atom. The molecule has 6 nitrogen and oxygen atoms in total. The van der Waals surface area contributed by atoms with E-state index >= 15 is 0 Å². The van der Waals surface area contributed by atoms with E-state index in [0.29, 0.717) is 42.4 Å². The average molecular weight is 361 g/mol. The number of carbonyl (C=O) groups is 2. The van der Waals surface area contributed by atoms with E-state index in [1.54, 1.807) is 41.2 Å². The highest BCUT2D eigenvalue weighted by Crippen LogP contribution is 2.22. The summed E-state index contributed by atoms with van der Waals surface area (Å²) < 4.78 is 1.59. The first-order valence-corrected chi connectivity index (χ1v) is 8.98. The number of para-hydroxylation sites is 1. The number of aryl methyl sites for hydroxylation is 2. The lowest BCUT2D eigenvalue weighted by atomic mass is 10.1. The van der Waals surface area contributed by atoms with Crippen LogP contribution in [0.5, 0.6) is 0 Å². The second-order valence-corrected chi connectivity index (χ2v) is 6.73. The van der Waals surface area contributed by atoms with Gasteiger partial charge in [0.25, 0.3) is 17.4 Å². The zero-order valence-electron chi connectivity index (χ0n) is 15.0. The third-order valence-corrected chi connectivity index (χ3v) is 4.96. The Kier molecular flexibility index (Phi) is 4.32. The number of rotatable bonds is 5. The van der Waals surface area contributed by atoms with E-state index in [0.717, 1.165) is 11.1 Å². The van der Waals surface area contributed by atoms with Crippen molar-refractivity contribution in [3.63, 3.8) is 0 Å². The summed E-state index contributed by atoms with van der Waals surface area (Å²) in [5.41, 5.74) is 2.57. The van der Waals surface area contributed by atoms with Gasteiger partial charge in [0, 0.05) is 13.1 Å². The molecule has 0 spiro atoms. The van der Waals surface area contributed by atoms with Crippen LogP contribution in [0, 0.1) is 6.92 Å². The van der Waals surface area contributed by atoms with Gasteiger partial charge in [-0.25, -0.2) is 4.98 Å². The smallest absolute Gasteiger partial charge is 0.261 e. The van der Waals surface area contributed by atoms with Crippen molar-refractivity contribution in [3.8, 4) is 0 Å². The normalized spacial score (nSPS) is 13.4. The highest BCUT2D eigenvalue weighted by molar-refractivity contribution is 6.21. The topological polar surface area (TPSA) is 72.3 Å². The molecule has 0 fully saturated rings. The van der Waals surface area contributed by atoms with Crippen LogP contribution < -0.4 is 5.56 Å². The molecule has 2 aromatic carbocycles. The van der Waals surface area contributed by atoms with Gasteiger partial charge in [0.05, 0.1) is 28.4 Å². The van der Waals surface area contributed by atoms with Crippen molar-refractivity contribution in [1.82, 2.24) is 14.5 Å². The maximum Gasteiger partial charge on any atom is 0.261 e. The Morgan fingerprint density at radius 1 is 0.852 bits per heavy atom. The van der Waals surface area contributed by atoms with Gasteiger partial charge < -0.3 is 0 Å². The number of unbranched alkanes of at least 4 members (excludes halogenated alkanes) is 1. The number of aromatic nitrogens is 2. The van der Waals surface area contributed by atoms with E-state index in [9.17, 15) is 14.4 Å². The Hall–Kier alpha value is -3.28. The minimum atomic E-state index is -0.240. The van der Waals surface area contributed by atoms with Crippen LogP contribution in [-0.2, 0) is 6.54 Å². The number of fused-ring (bicyclic) bond motifs is 2. The van der Waals surface area contributed by atoms with Gasteiger partial charge in [0.2, 0.25) is 0 Å². The lowest BCUT2D eigenvalue weighted by Gasteiger charge is -2.14. The van der Waals surface area contributed by atoms with Gasteiger partial charge in [-0.1, -0.05) is 24.3 Å². The van der Waals surface area contributed by atoms with Crippen molar-refractivity contribution in [3.05, 3.63) is 75.8 Å². The Balaban J connectivity index is 1.41.